The van der Waals surface area contributed by atoms with Crippen molar-refractivity contribution in [2.45, 2.75) is 26.3 Å². The van der Waals surface area contributed by atoms with Gasteiger partial charge in [0.05, 0.1) is 0 Å². The van der Waals surface area contributed by atoms with Crippen molar-refractivity contribution in [2.24, 2.45) is 0 Å². The summed E-state index contributed by atoms with van der Waals surface area (Å²) in [4.78, 5) is 0. The molecular weight excluding hydrogens is 112 g/mol. The third kappa shape index (κ3) is 1.31. The lowest BCUT2D eigenvalue weighted by Gasteiger charge is -2.06. The molecule has 0 aromatic carbocycles. The SMILES string of the molecule is CC[C@H](C)n1cccn1. The summed E-state index contributed by atoms with van der Waals surface area (Å²) in [7, 11) is 0. The Bertz CT molecular complexity index is 155. The van der Waals surface area contributed by atoms with Gasteiger partial charge in [0.2, 0.25) is 0 Å². The van der Waals surface area contributed by atoms with Gasteiger partial charge in [-0.15, -0.1) is 0 Å². The second-order valence-corrected chi connectivity index (χ2v) is 2.24. The van der Waals surface area contributed by atoms with E-state index in [0.717, 1.165) is 6.42 Å². The minimum Gasteiger partial charge on any atom is -0.270 e. The van der Waals surface area contributed by atoms with E-state index in [1.807, 2.05) is 23.1 Å². The highest BCUT2D eigenvalue weighted by Crippen LogP contribution is 2.05. The van der Waals surface area contributed by atoms with Gasteiger partial charge < -0.3 is 0 Å². The molecule has 0 fully saturated rings. The summed E-state index contributed by atoms with van der Waals surface area (Å²) in [6.07, 6.45) is 4.95. The van der Waals surface area contributed by atoms with Crippen LogP contribution >= 0.6 is 0 Å². The molecule has 1 heterocycles. The van der Waals surface area contributed by atoms with Crippen LogP contribution in [0.3, 0.4) is 0 Å². The van der Waals surface area contributed by atoms with Crippen molar-refractivity contribution in [1.82, 2.24) is 9.78 Å². The Morgan fingerprint density at radius 3 is 2.89 bits per heavy atom. The highest BCUT2D eigenvalue weighted by molar-refractivity contribution is 4.79. The van der Waals surface area contributed by atoms with E-state index < -0.39 is 0 Å². The van der Waals surface area contributed by atoms with E-state index in [4.69, 9.17) is 0 Å². The van der Waals surface area contributed by atoms with Crippen LogP contribution in [0, 0.1) is 0 Å². The molecule has 0 saturated heterocycles. The molecule has 0 unspecified atom stereocenters. The molecule has 0 aliphatic carbocycles. The number of hydrogen-bond donors (Lipinski definition) is 0. The van der Waals surface area contributed by atoms with Crippen LogP contribution < -0.4 is 0 Å². The molecule has 0 radical (unpaired) electrons. The van der Waals surface area contributed by atoms with E-state index in [1.54, 1.807) is 0 Å². The fourth-order valence-electron chi connectivity index (χ4n) is 0.728. The van der Waals surface area contributed by atoms with Crippen LogP contribution in [-0.2, 0) is 0 Å². The summed E-state index contributed by atoms with van der Waals surface area (Å²) in [5.74, 6) is 0. The van der Waals surface area contributed by atoms with Gasteiger partial charge in [0.1, 0.15) is 0 Å². The summed E-state index contributed by atoms with van der Waals surface area (Å²) in [6.45, 7) is 4.32. The molecular formula is C7H12N2. The van der Waals surface area contributed by atoms with Gasteiger partial charge in [0.25, 0.3) is 0 Å². The van der Waals surface area contributed by atoms with Gasteiger partial charge in [-0.25, -0.2) is 0 Å². The Kier molecular flexibility index (Phi) is 1.88. The molecule has 0 aliphatic heterocycles. The lowest BCUT2D eigenvalue weighted by molar-refractivity contribution is 0.478. The Morgan fingerprint density at radius 1 is 1.67 bits per heavy atom. The highest BCUT2D eigenvalue weighted by Gasteiger charge is 1.97. The number of aromatic nitrogens is 2. The van der Waals surface area contributed by atoms with Crippen molar-refractivity contribution in [3.63, 3.8) is 0 Å². The van der Waals surface area contributed by atoms with Crippen LogP contribution in [0.2, 0.25) is 0 Å². The number of hydrogen-bond acceptors (Lipinski definition) is 1. The second-order valence-electron chi connectivity index (χ2n) is 2.24. The Labute approximate surface area is 55.5 Å². The average molecular weight is 124 g/mol. The van der Waals surface area contributed by atoms with Gasteiger partial charge in [0.15, 0.2) is 0 Å². The molecule has 50 valence electrons. The van der Waals surface area contributed by atoms with Crippen LogP contribution in [0.25, 0.3) is 0 Å². The molecule has 1 atom stereocenters. The van der Waals surface area contributed by atoms with Gasteiger partial charge in [-0.2, -0.15) is 5.10 Å². The standard InChI is InChI=1S/C7H12N2/c1-3-7(2)9-6-4-5-8-9/h4-7H,3H2,1-2H3/t7-/m0/s1. The molecule has 0 spiro atoms. The minimum absolute atomic E-state index is 0.542. The first-order valence-corrected chi connectivity index (χ1v) is 3.33. The molecule has 1 rings (SSSR count). The zero-order valence-electron chi connectivity index (χ0n) is 5.91. The number of nitrogens with zero attached hydrogens (tertiary/aromatic N) is 2. The Balaban J connectivity index is 2.65. The maximum Gasteiger partial charge on any atom is 0.0489 e. The minimum atomic E-state index is 0.542. The van der Waals surface area contributed by atoms with E-state index in [0.29, 0.717) is 6.04 Å². The fourth-order valence-corrected chi connectivity index (χ4v) is 0.728. The van der Waals surface area contributed by atoms with E-state index in [1.165, 1.54) is 0 Å². The van der Waals surface area contributed by atoms with Gasteiger partial charge in [-0.3, -0.25) is 4.68 Å². The van der Waals surface area contributed by atoms with Crippen molar-refractivity contribution < 1.29 is 0 Å². The van der Waals surface area contributed by atoms with Crippen LogP contribution in [0.4, 0.5) is 0 Å². The second kappa shape index (κ2) is 2.67. The maximum absolute atomic E-state index is 4.10. The fraction of sp³-hybridized carbons (Fsp3) is 0.571. The molecule has 0 bridgehead atoms. The van der Waals surface area contributed by atoms with Gasteiger partial charge >= 0.3 is 0 Å². The van der Waals surface area contributed by atoms with Crippen molar-refractivity contribution in [3.05, 3.63) is 18.5 Å². The third-order valence-electron chi connectivity index (χ3n) is 1.57. The Hall–Kier alpha value is -0.790. The van der Waals surface area contributed by atoms with Crippen LogP contribution in [0.1, 0.15) is 26.3 Å². The van der Waals surface area contributed by atoms with Crippen molar-refractivity contribution in [2.75, 3.05) is 0 Å². The van der Waals surface area contributed by atoms with Gasteiger partial charge in [0, 0.05) is 18.4 Å². The molecule has 0 N–H and O–H groups in total. The summed E-state index contributed by atoms with van der Waals surface area (Å²) in [5, 5.41) is 4.10. The molecule has 0 aliphatic rings. The maximum atomic E-state index is 4.10. The summed E-state index contributed by atoms with van der Waals surface area (Å²) in [5.41, 5.74) is 0. The summed E-state index contributed by atoms with van der Waals surface area (Å²) >= 11 is 0. The average Bonchev–Trinajstić information content (AvgIpc) is 2.37. The van der Waals surface area contributed by atoms with E-state index in [-0.39, 0.29) is 0 Å². The smallest absolute Gasteiger partial charge is 0.0489 e. The summed E-state index contributed by atoms with van der Waals surface area (Å²) in [6, 6.07) is 2.49. The normalized spacial score (nSPS) is 13.6. The molecule has 2 heteroatoms. The van der Waals surface area contributed by atoms with Crippen molar-refractivity contribution in [3.8, 4) is 0 Å². The van der Waals surface area contributed by atoms with Crippen LogP contribution in [0.5, 0.6) is 0 Å². The highest BCUT2D eigenvalue weighted by atomic mass is 15.3. The first-order valence-electron chi connectivity index (χ1n) is 3.33. The van der Waals surface area contributed by atoms with Crippen molar-refractivity contribution >= 4 is 0 Å². The van der Waals surface area contributed by atoms with Crippen molar-refractivity contribution in [1.29, 1.82) is 0 Å². The van der Waals surface area contributed by atoms with Crippen LogP contribution in [-0.4, -0.2) is 9.78 Å². The van der Waals surface area contributed by atoms with E-state index in [2.05, 4.69) is 18.9 Å². The van der Waals surface area contributed by atoms with Gasteiger partial charge in [-0.1, -0.05) is 6.92 Å². The molecule has 1 aromatic heterocycles. The molecule has 1 aromatic rings. The number of rotatable bonds is 2. The predicted molar refractivity (Wildman–Crippen MR) is 37.2 cm³/mol. The zero-order chi connectivity index (χ0) is 6.69. The largest absolute Gasteiger partial charge is 0.270 e. The van der Waals surface area contributed by atoms with E-state index in [9.17, 15) is 0 Å². The topological polar surface area (TPSA) is 17.8 Å². The quantitative estimate of drug-likeness (QED) is 0.588. The van der Waals surface area contributed by atoms with Crippen LogP contribution in [0.15, 0.2) is 18.5 Å². The summed E-state index contributed by atoms with van der Waals surface area (Å²) < 4.78 is 1.97. The monoisotopic (exact) mass is 124 g/mol. The lowest BCUT2D eigenvalue weighted by Crippen LogP contribution is -2.03. The first kappa shape index (κ1) is 6.33. The first-order chi connectivity index (χ1) is 4.34. The molecule has 0 saturated carbocycles. The Morgan fingerprint density at radius 2 is 2.44 bits per heavy atom. The predicted octanol–water partition coefficient (Wildman–Crippen LogP) is 1.85. The molecule has 9 heavy (non-hydrogen) atoms. The lowest BCUT2D eigenvalue weighted by atomic mass is 10.3. The third-order valence-corrected chi connectivity index (χ3v) is 1.57. The zero-order valence-corrected chi connectivity index (χ0v) is 5.91. The van der Waals surface area contributed by atoms with E-state index >= 15 is 0 Å². The molecule has 0 amide bonds. The van der Waals surface area contributed by atoms with Gasteiger partial charge in [-0.05, 0) is 19.4 Å². The molecule has 2 nitrogen and oxygen atoms in total.